The Balaban J connectivity index is 1.73. The fraction of sp³-hybridized carbons (Fsp3) is 0.419. The molecule has 0 bridgehead atoms. The monoisotopic (exact) mass is 502 g/mol. The Hall–Kier alpha value is -3.38. The van der Waals surface area contributed by atoms with Crippen LogP contribution < -0.4 is 15.2 Å². The van der Waals surface area contributed by atoms with E-state index in [0.29, 0.717) is 18.0 Å². The van der Waals surface area contributed by atoms with Crippen LogP contribution in [0.2, 0.25) is 0 Å². The van der Waals surface area contributed by atoms with Gasteiger partial charge in [-0.25, -0.2) is 0 Å². The number of aromatic nitrogens is 1. The molecule has 37 heavy (non-hydrogen) atoms. The average Bonchev–Trinajstić information content (AvgIpc) is 2.90. The normalized spacial score (nSPS) is 14.0. The first-order valence-electron chi connectivity index (χ1n) is 13.2. The van der Waals surface area contributed by atoms with Crippen LogP contribution in [0.15, 0.2) is 47.3 Å². The molecule has 1 aliphatic heterocycles. The lowest BCUT2D eigenvalue weighted by Gasteiger charge is -2.37. The number of carbonyl (C=O) groups excluding carboxylic acids is 1. The van der Waals surface area contributed by atoms with Crippen LogP contribution in [0.1, 0.15) is 58.9 Å². The van der Waals surface area contributed by atoms with Crippen molar-refractivity contribution >= 4 is 11.5 Å². The summed E-state index contributed by atoms with van der Waals surface area (Å²) in [4.78, 5) is 31.5. The van der Waals surface area contributed by atoms with Gasteiger partial charge in [0.2, 0.25) is 0 Å². The van der Waals surface area contributed by atoms with Crippen LogP contribution in [0.25, 0.3) is 11.1 Å². The lowest BCUT2D eigenvalue weighted by atomic mass is 9.92. The van der Waals surface area contributed by atoms with Crippen molar-refractivity contribution in [1.82, 2.24) is 4.98 Å². The average molecular weight is 503 g/mol. The Morgan fingerprint density at radius 1 is 1.05 bits per heavy atom. The molecule has 2 aromatic carbocycles. The molecule has 0 radical (unpaired) electrons. The number of ether oxygens (including phenoxy) is 2. The second kappa shape index (κ2) is 11.8. The summed E-state index contributed by atoms with van der Waals surface area (Å²) in [6, 6.07) is 14.5. The first-order chi connectivity index (χ1) is 17.8. The van der Waals surface area contributed by atoms with Crippen molar-refractivity contribution < 1.29 is 14.3 Å². The van der Waals surface area contributed by atoms with Crippen LogP contribution in [-0.2, 0) is 11.2 Å². The summed E-state index contributed by atoms with van der Waals surface area (Å²) in [5.41, 5.74) is 7.17. The smallest absolute Gasteiger partial charge is 0.251 e. The Morgan fingerprint density at radius 2 is 1.76 bits per heavy atom. The number of methoxy groups -OCH3 is 1. The van der Waals surface area contributed by atoms with Crippen molar-refractivity contribution in [2.45, 2.75) is 59.4 Å². The molecule has 4 rings (SSSR count). The molecule has 0 atom stereocenters. The summed E-state index contributed by atoms with van der Waals surface area (Å²) in [7, 11) is 1.66. The predicted molar refractivity (Wildman–Crippen MR) is 149 cm³/mol. The molecule has 0 spiro atoms. The van der Waals surface area contributed by atoms with E-state index in [0.717, 1.165) is 77.5 Å². The maximum Gasteiger partial charge on any atom is 0.251 e. The lowest BCUT2D eigenvalue weighted by molar-refractivity contribution is 0.0846. The number of H-pyrrole nitrogens is 1. The summed E-state index contributed by atoms with van der Waals surface area (Å²) in [5, 5.41) is 0. The van der Waals surface area contributed by atoms with E-state index in [4.69, 9.17) is 9.47 Å². The Bertz CT molecular complexity index is 1300. The molecule has 3 aromatic rings. The largest absolute Gasteiger partial charge is 0.497 e. The van der Waals surface area contributed by atoms with Crippen LogP contribution in [0, 0.1) is 20.8 Å². The summed E-state index contributed by atoms with van der Waals surface area (Å²) >= 11 is 0. The van der Waals surface area contributed by atoms with Crippen LogP contribution in [0.4, 0.5) is 5.69 Å². The number of anilines is 1. The minimum atomic E-state index is -0.105. The van der Waals surface area contributed by atoms with Crippen LogP contribution in [-0.4, -0.2) is 43.7 Å². The van der Waals surface area contributed by atoms with E-state index >= 15 is 0 Å². The summed E-state index contributed by atoms with van der Waals surface area (Å²) in [5.74, 6) is 0.847. The zero-order valence-corrected chi connectivity index (χ0v) is 22.6. The number of pyridine rings is 1. The lowest BCUT2D eigenvalue weighted by Crippen LogP contribution is -2.40. The van der Waals surface area contributed by atoms with Crippen molar-refractivity contribution in [1.29, 1.82) is 0 Å². The molecule has 1 N–H and O–H groups in total. The van der Waals surface area contributed by atoms with Gasteiger partial charge in [0.1, 0.15) is 5.75 Å². The third-order valence-corrected chi connectivity index (χ3v) is 7.48. The van der Waals surface area contributed by atoms with E-state index in [9.17, 15) is 9.59 Å². The molecular weight excluding hydrogens is 464 g/mol. The van der Waals surface area contributed by atoms with E-state index in [-0.39, 0.29) is 17.8 Å². The number of Topliss-reactive ketones (excluding diaryl/α,β-unsaturated/α-hetero) is 1. The number of aryl methyl sites for hydroxylation is 2. The van der Waals surface area contributed by atoms with Gasteiger partial charge in [-0.05, 0) is 99.5 Å². The molecule has 196 valence electrons. The third kappa shape index (κ3) is 5.96. The molecule has 2 heterocycles. The van der Waals surface area contributed by atoms with Gasteiger partial charge in [0.25, 0.3) is 5.56 Å². The molecule has 1 aromatic heterocycles. The van der Waals surface area contributed by atoms with Crippen LogP contribution in [0.3, 0.4) is 0 Å². The molecule has 1 aliphatic rings. The Labute approximate surface area is 219 Å². The number of aromatic amines is 1. The van der Waals surface area contributed by atoms with Gasteiger partial charge in [0.05, 0.1) is 7.11 Å². The van der Waals surface area contributed by atoms with E-state index in [2.05, 4.69) is 22.9 Å². The number of nitrogens with zero attached hydrogens (tertiary/aromatic N) is 1. The fourth-order valence-corrected chi connectivity index (χ4v) is 5.42. The highest BCUT2D eigenvalue weighted by molar-refractivity contribution is 6.00. The number of nitrogens with one attached hydrogen (secondary N) is 1. The van der Waals surface area contributed by atoms with Crippen LogP contribution >= 0.6 is 0 Å². The summed E-state index contributed by atoms with van der Waals surface area (Å²) in [6.45, 7) is 10.4. The highest BCUT2D eigenvalue weighted by atomic mass is 16.5. The van der Waals surface area contributed by atoms with Crippen molar-refractivity contribution in [3.05, 3.63) is 80.8 Å². The third-order valence-electron chi connectivity index (χ3n) is 7.48. The molecule has 0 saturated carbocycles. The van der Waals surface area contributed by atoms with Gasteiger partial charge >= 0.3 is 0 Å². The van der Waals surface area contributed by atoms with Gasteiger partial charge < -0.3 is 19.4 Å². The van der Waals surface area contributed by atoms with Crippen molar-refractivity contribution in [2.24, 2.45) is 0 Å². The number of ketones is 1. The quantitative estimate of drug-likeness (QED) is 0.375. The highest BCUT2D eigenvalue weighted by Gasteiger charge is 2.25. The zero-order chi connectivity index (χ0) is 26.5. The van der Waals surface area contributed by atoms with Gasteiger partial charge in [-0.3, -0.25) is 9.59 Å². The topological polar surface area (TPSA) is 71.6 Å². The molecule has 1 saturated heterocycles. The van der Waals surface area contributed by atoms with Gasteiger partial charge in [0.15, 0.2) is 5.78 Å². The van der Waals surface area contributed by atoms with Crippen LogP contribution in [0.5, 0.6) is 5.75 Å². The molecule has 6 heteroatoms. The van der Waals surface area contributed by atoms with Gasteiger partial charge in [-0.1, -0.05) is 12.1 Å². The van der Waals surface area contributed by atoms with Crippen molar-refractivity contribution in [3.63, 3.8) is 0 Å². The van der Waals surface area contributed by atoms with E-state index in [1.165, 1.54) is 0 Å². The fourth-order valence-electron chi connectivity index (χ4n) is 5.42. The maximum absolute atomic E-state index is 13.7. The highest BCUT2D eigenvalue weighted by Crippen LogP contribution is 2.35. The minimum Gasteiger partial charge on any atom is -0.497 e. The maximum atomic E-state index is 13.7. The number of hydrogen-bond acceptors (Lipinski definition) is 5. The van der Waals surface area contributed by atoms with Gasteiger partial charge in [-0.2, -0.15) is 0 Å². The first-order valence-corrected chi connectivity index (χ1v) is 13.2. The van der Waals surface area contributed by atoms with Gasteiger partial charge in [-0.15, -0.1) is 0 Å². The number of benzene rings is 2. The summed E-state index contributed by atoms with van der Waals surface area (Å²) < 4.78 is 11.0. The second-order valence-corrected chi connectivity index (χ2v) is 9.89. The molecule has 0 amide bonds. The predicted octanol–water partition coefficient (Wildman–Crippen LogP) is 5.80. The van der Waals surface area contributed by atoms with E-state index in [1.54, 1.807) is 7.11 Å². The second-order valence-electron chi connectivity index (χ2n) is 9.89. The zero-order valence-electron chi connectivity index (χ0n) is 22.6. The van der Waals surface area contributed by atoms with Gasteiger partial charge in [0, 0.05) is 54.7 Å². The minimum absolute atomic E-state index is 0.0523. The number of carbonyl (C=O) groups is 1. The Kier molecular flexibility index (Phi) is 8.49. The SMILES string of the molecule is CCN(c1cc(-c2ccc(OC)cc2)cc(C(=O)CCc2c(C)cc(C)[nH]c2=O)c1C)C1CCOCC1. The molecular formula is C31H38N2O4. The summed E-state index contributed by atoms with van der Waals surface area (Å²) in [6.07, 6.45) is 2.64. The first kappa shape index (κ1) is 26.7. The molecule has 0 aliphatic carbocycles. The molecule has 1 fully saturated rings. The Morgan fingerprint density at radius 3 is 2.38 bits per heavy atom. The van der Waals surface area contributed by atoms with E-state index < -0.39 is 0 Å². The van der Waals surface area contributed by atoms with Crippen molar-refractivity contribution in [2.75, 3.05) is 31.8 Å². The number of rotatable bonds is 9. The molecule has 6 nitrogen and oxygen atoms in total. The standard InChI is InChI=1S/C31H38N2O4/c1-6-33(25-13-15-37-16-14-25)29-19-24(23-7-9-26(36-5)10-8-23)18-28(22(29)4)30(34)12-11-27-20(2)17-21(3)32-31(27)35/h7-10,17-19,25H,6,11-16H2,1-5H3,(H,32,35). The molecule has 0 unspecified atom stereocenters. The van der Waals surface area contributed by atoms with E-state index in [1.807, 2.05) is 57.2 Å². The number of hydrogen-bond donors (Lipinski definition) is 1. The van der Waals surface area contributed by atoms with Crippen molar-refractivity contribution in [3.8, 4) is 16.9 Å².